The third-order valence-electron chi connectivity index (χ3n) is 11.7. The second kappa shape index (κ2) is 13.5. The SMILES string of the molecule is CC1=C(c2ccccc2)N=C(c2ccc(-c3ccccc3)cc2)CC=C1c1cccc2c1oc1cccc(-c3ccc4c5ccccc5c5ccccc5c4c3)c12. The zero-order valence-corrected chi connectivity index (χ0v) is 31.5. The maximum atomic E-state index is 6.91. The summed E-state index contributed by atoms with van der Waals surface area (Å²) in [5.74, 6) is 0. The Hall–Kier alpha value is -7.29. The maximum absolute atomic E-state index is 6.91. The van der Waals surface area contributed by atoms with Crippen LogP contribution in [0.1, 0.15) is 30.0 Å². The minimum absolute atomic E-state index is 0.690. The molecule has 0 saturated heterocycles. The number of furan rings is 1. The van der Waals surface area contributed by atoms with E-state index in [-0.39, 0.29) is 0 Å². The van der Waals surface area contributed by atoms with Crippen molar-refractivity contribution >= 4 is 71.2 Å². The van der Waals surface area contributed by atoms with E-state index in [1.165, 1.54) is 54.6 Å². The first-order valence-electron chi connectivity index (χ1n) is 19.7. The first kappa shape index (κ1) is 33.1. The van der Waals surface area contributed by atoms with Gasteiger partial charge in [-0.3, -0.25) is 4.99 Å². The highest BCUT2D eigenvalue weighted by Gasteiger charge is 2.22. The molecule has 0 radical (unpaired) electrons. The largest absolute Gasteiger partial charge is 0.455 e. The van der Waals surface area contributed by atoms with E-state index in [9.17, 15) is 0 Å². The number of allylic oxidation sites excluding steroid dienone is 3. The topological polar surface area (TPSA) is 25.5 Å². The average Bonchev–Trinajstić information content (AvgIpc) is 3.59. The standard InChI is InChI=1S/C55H37NO/c1-35-41(32-33-51(56-54(35)39-16-6-3-7-17-39)38-28-26-37(27-29-38)36-14-4-2-5-15-36)48-23-12-24-49-53-42(22-13-25-52(53)57-55(48)49)40-30-31-47-45-20-9-8-18-43(45)44-19-10-11-21-46(44)50(47)34-40/h2-32,34H,33H2,1H3. The van der Waals surface area contributed by atoms with Crippen LogP contribution in [-0.4, -0.2) is 5.71 Å². The third kappa shape index (κ3) is 5.52. The zero-order valence-electron chi connectivity index (χ0n) is 31.5. The van der Waals surface area contributed by atoms with Crippen LogP contribution in [-0.2, 0) is 0 Å². The van der Waals surface area contributed by atoms with Gasteiger partial charge in [0, 0.05) is 28.3 Å². The van der Waals surface area contributed by atoms with Crippen LogP contribution in [0.25, 0.3) is 87.8 Å². The molecule has 2 heterocycles. The number of hydrogen-bond donors (Lipinski definition) is 0. The Morgan fingerprint density at radius 3 is 1.65 bits per heavy atom. The summed E-state index contributed by atoms with van der Waals surface area (Å²) < 4.78 is 6.91. The van der Waals surface area contributed by atoms with Crippen molar-refractivity contribution in [2.75, 3.05) is 0 Å². The van der Waals surface area contributed by atoms with Gasteiger partial charge in [0.25, 0.3) is 0 Å². The number of rotatable bonds is 5. The monoisotopic (exact) mass is 727 g/mol. The van der Waals surface area contributed by atoms with E-state index in [1.807, 2.05) is 0 Å². The molecular formula is C55H37NO. The fraction of sp³-hybridized carbons (Fsp3) is 0.0364. The second-order valence-electron chi connectivity index (χ2n) is 15.0. The minimum Gasteiger partial charge on any atom is -0.455 e. The van der Waals surface area contributed by atoms with Crippen molar-refractivity contribution in [3.8, 4) is 22.3 Å². The van der Waals surface area contributed by atoms with Gasteiger partial charge < -0.3 is 4.42 Å². The summed E-state index contributed by atoms with van der Waals surface area (Å²) in [6, 6.07) is 67.4. The number of benzene rings is 9. The molecule has 0 aliphatic carbocycles. The lowest BCUT2D eigenvalue weighted by Gasteiger charge is -2.13. The van der Waals surface area contributed by atoms with Gasteiger partial charge in [-0.25, -0.2) is 0 Å². The van der Waals surface area contributed by atoms with Crippen LogP contribution in [0.4, 0.5) is 0 Å². The molecule has 57 heavy (non-hydrogen) atoms. The Morgan fingerprint density at radius 2 is 0.947 bits per heavy atom. The van der Waals surface area contributed by atoms with Crippen LogP contribution in [0.5, 0.6) is 0 Å². The maximum Gasteiger partial charge on any atom is 0.143 e. The molecule has 2 nitrogen and oxygen atoms in total. The fourth-order valence-electron chi connectivity index (χ4n) is 8.98. The van der Waals surface area contributed by atoms with E-state index in [1.54, 1.807) is 0 Å². The van der Waals surface area contributed by atoms with Gasteiger partial charge in [0.05, 0.1) is 11.4 Å². The van der Waals surface area contributed by atoms with Gasteiger partial charge in [-0.1, -0.05) is 182 Å². The highest BCUT2D eigenvalue weighted by Crippen LogP contribution is 2.44. The number of nitrogens with zero attached hydrogens (tertiary/aromatic N) is 1. The molecule has 9 aromatic carbocycles. The van der Waals surface area contributed by atoms with Crippen molar-refractivity contribution in [1.82, 2.24) is 0 Å². The molecule has 0 N–H and O–H groups in total. The van der Waals surface area contributed by atoms with Crippen molar-refractivity contribution in [3.05, 3.63) is 216 Å². The molecule has 2 heteroatoms. The van der Waals surface area contributed by atoms with Crippen LogP contribution >= 0.6 is 0 Å². The molecule has 0 atom stereocenters. The Balaban J connectivity index is 1.06. The summed E-state index contributed by atoms with van der Waals surface area (Å²) in [6.07, 6.45) is 3.03. The van der Waals surface area contributed by atoms with Gasteiger partial charge in [0.15, 0.2) is 0 Å². The summed E-state index contributed by atoms with van der Waals surface area (Å²) in [7, 11) is 0. The highest BCUT2D eigenvalue weighted by molar-refractivity contribution is 6.26. The van der Waals surface area contributed by atoms with E-state index < -0.39 is 0 Å². The molecule has 1 aromatic heterocycles. The molecule has 268 valence electrons. The van der Waals surface area contributed by atoms with E-state index in [0.29, 0.717) is 6.42 Å². The van der Waals surface area contributed by atoms with Crippen LogP contribution in [0.15, 0.2) is 209 Å². The number of hydrogen-bond acceptors (Lipinski definition) is 2. The summed E-state index contributed by atoms with van der Waals surface area (Å²) in [5.41, 5.74) is 14.1. The Kier molecular flexibility index (Phi) is 7.82. The fourth-order valence-corrected chi connectivity index (χ4v) is 8.98. The smallest absolute Gasteiger partial charge is 0.143 e. The molecule has 0 amide bonds. The van der Waals surface area contributed by atoms with Crippen molar-refractivity contribution in [2.24, 2.45) is 4.99 Å². The third-order valence-corrected chi connectivity index (χ3v) is 11.7. The molecule has 1 aliphatic heterocycles. The quantitative estimate of drug-likeness (QED) is 0.162. The molecular weight excluding hydrogens is 691 g/mol. The van der Waals surface area contributed by atoms with Crippen molar-refractivity contribution < 1.29 is 4.42 Å². The summed E-state index contributed by atoms with van der Waals surface area (Å²) in [4.78, 5) is 5.43. The summed E-state index contributed by atoms with van der Waals surface area (Å²) in [6.45, 7) is 2.20. The van der Waals surface area contributed by atoms with E-state index in [4.69, 9.17) is 9.41 Å². The normalized spacial score (nSPS) is 13.4. The van der Waals surface area contributed by atoms with Gasteiger partial charge in [-0.2, -0.15) is 0 Å². The lowest BCUT2D eigenvalue weighted by Crippen LogP contribution is -2.00. The van der Waals surface area contributed by atoms with Gasteiger partial charge in [-0.05, 0) is 90.3 Å². The first-order chi connectivity index (χ1) is 28.2. The van der Waals surface area contributed by atoms with E-state index in [0.717, 1.165) is 61.2 Å². The van der Waals surface area contributed by atoms with Gasteiger partial charge in [-0.15, -0.1) is 0 Å². The van der Waals surface area contributed by atoms with E-state index >= 15 is 0 Å². The molecule has 10 aromatic rings. The first-order valence-corrected chi connectivity index (χ1v) is 19.7. The minimum atomic E-state index is 0.690. The summed E-state index contributed by atoms with van der Waals surface area (Å²) in [5, 5.41) is 9.88. The van der Waals surface area contributed by atoms with Crippen LogP contribution in [0, 0.1) is 0 Å². The molecule has 1 aliphatic rings. The number of para-hydroxylation sites is 1. The lowest BCUT2D eigenvalue weighted by atomic mass is 9.90. The summed E-state index contributed by atoms with van der Waals surface area (Å²) >= 11 is 0. The Labute approximate surface area is 331 Å². The van der Waals surface area contributed by atoms with Crippen molar-refractivity contribution in [1.29, 1.82) is 0 Å². The van der Waals surface area contributed by atoms with Crippen molar-refractivity contribution in [3.63, 3.8) is 0 Å². The van der Waals surface area contributed by atoms with Gasteiger partial charge in [0.1, 0.15) is 11.2 Å². The predicted octanol–water partition coefficient (Wildman–Crippen LogP) is 15.1. The Morgan fingerprint density at radius 1 is 0.421 bits per heavy atom. The Bertz CT molecular complexity index is 3260. The molecule has 11 rings (SSSR count). The van der Waals surface area contributed by atoms with Crippen molar-refractivity contribution in [2.45, 2.75) is 13.3 Å². The molecule has 0 spiro atoms. The second-order valence-corrected chi connectivity index (χ2v) is 15.0. The van der Waals surface area contributed by atoms with Crippen LogP contribution in [0.2, 0.25) is 0 Å². The number of fused-ring (bicyclic) bond motifs is 9. The van der Waals surface area contributed by atoms with Gasteiger partial charge >= 0.3 is 0 Å². The highest BCUT2D eigenvalue weighted by atomic mass is 16.3. The number of aliphatic imine (C=N–C) groups is 1. The van der Waals surface area contributed by atoms with E-state index in [2.05, 4.69) is 201 Å². The lowest BCUT2D eigenvalue weighted by molar-refractivity contribution is 0.668. The molecule has 0 bridgehead atoms. The average molecular weight is 728 g/mol. The zero-order chi connectivity index (χ0) is 37.9. The molecule has 0 fully saturated rings. The molecule has 0 saturated carbocycles. The molecule has 0 unspecified atom stereocenters. The van der Waals surface area contributed by atoms with Gasteiger partial charge in [0.2, 0.25) is 0 Å². The van der Waals surface area contributed by atoms with Crippen LogP contribution < -0.4 is 0 Å². The van der Waals surface area contributed by atoms with Crippen LogP contribution in [0.3, 0.4) is 0 Å². The predicted molar refractivity (Wildman–Crippen MR) is 242 cm³/mol.